The molecule has 184 valence electrons. The van der Waals surface area contributed by atoms with Crippen molar-refractivity contribution in [3.05, 3.63) is 94.5 Å². The summed E-state index contributed by atoms with van der Waals surface area (Å²) in [5.74, 6) is -0.223. The van der Waals surface area contributed by atoms with Gasteiger partial charge in [0.05, 0.1) is 11.3 Å². The maximum atomic E-state index is 12.9. The molecule has 0 radical (unpaired) electrons. The van der Waals surface area contributed by atoms with Crippen LogP contribution >= 0.6 is 11.6 Å². The van der Waals surface area contributed by atoms with Gasteiger partial charge in [-0.05, 0) is 41.5 Å². The van der Waals surface area contributed by atoms with Crippen LogP contribution in [0.15, 0.2) is 77.7 Å². The first-order valence-corrected chi connectivity index (χ1v) is 13.1. The molecule has 0 spiro atoms. The lowest BCUT2D eigenvalue weighted by Gasteiger charge is -2.34. The molecule has 1 saturated heterocycles. The van der Waals surface area contributed by atoms with E-state index >= 15 is 0 Å². The van der Waals surface area contributed by atoms with Crippen LogP contribution in [-0.4, -0.2) is 54.9 Å². The minimum absolute atomic E-state index is 0.0758. The maximum absolute atomic E-state index is 12.9. The normalized spacial score (nSPS) is 15.1. The van der Waals surface area contributed by atoms with E-state index in [1.54, 1.807) is 54.6 Å². The second-order valence-electron chi connectivity index (χ2n) is 8.42. The number of ether oxygens (including phenoxy) is 1. The fourth-order valence-electron chi connectivity index (χ4n) is 4.03. The first-order valence-electron chi connectivity index (χ1n) is 11.3. The van der Waals surface area contributed by atoms with E-state index < -0.39 is 16.0 Å². The number of carboxylic acids is 1. The Morgan fingerprint density at radius 1 is 0.914 bits per heavy atom. The van der Waals surface area contributed by atoms with Crippen LogP contribution in [-0.2, 0) is 34.4 Å². The summed E-state index contributed by atoms with van der Waals surface area (Å²) in [6.07, 6.45) is -0.0758. The summed E-state index contributed by atoms with van der Waals surface area (Å²) in [6, 6.07) is 21.3. The minimum atomic E-state index is -3.52. The summed E-state index contributed by atoms with van der Waals surface area (Å²) in [4.78, 5) is 13.7. The average Bonchev–Trinajstić information content (AvgIpc) is 2.85. The Morgan fingerprint density at radius 2 is 1.57 bits per heavy atom. The highest BCUT2D eigenvalue weighted by molar-refractivity contribution is 7.89. The van der Waals surface area contributed by atoms with Crippen LogP contribution in [0.3, 0.4) is 0 Å². The Hall–Kier alpha value is -2.91. The third kappa shape index (κ3) is 6.61. The molecule has 0 atom stereocenters. The third-order valence-electron chi connectivity index (χ3n) is 5.89. The van der Waals surface area contributed by atoms with Gasteiger partial charge in [-0.2, -0.15) is 4.31 Å². The van der Waals surface area contributed by atoms with Crippen molar-refractivity contribution in [1.82, 2.24) is 9.21 Å². The molecule has 0 aliphatic carbocycles. The molecule has 0 amide bonds. The van der Waals surface area contributed by atoms with Crippen LogP contribution in [0.25, 0.3) is 0 Å². The Kier molecular flexibility index (Phi) is 8.07. The number of carboxylic acid groups (broad SMARTS) is 1. The number of hydrogen-bond donors (Lipinski definition) is 1. The van der Waals surface area contributed by atoms with Gasteiger partial charge in [0, 0.05) is 43.3 Å². The van der Waals surface area contributed by atoms with Crippen molar-refractivity contribution >= 4 is 27.6 Å². The summed E-state index contributed by atoms with van der Waals surface area (Å²) in [6.45, 7) is 2.77. The molecule has 1 aliphatic rings. The van der Waals surface area contributed by atoms with E-state index in [4.69, 9.17) is 16.3 Å². The van der Waals surface area contributed by atoms with Crippen molar-refractivity contribution in [2.24, 2.45) is 0 Å². The van der Waals surface area contributed by atoms with E-state index in [9.17, 15) is 18.3 Å². The quantitative estimate of drug-likeness (QED) is 0.463. The van der Waals surface area contributed by atoms with E-state index in [-0.39, 0.29) is 6.42 Å². The Morgan fingerprint density at radius 3 is 2.23 bits per heavy atom. The molecule has 0 aromatic heterocycles. The van der Waals surface area contributed by atoms with Gasteiger partial charge in [0.1, 0.15) is 12.4 Å². The molecule has 1 fully saturated rings. The largest absolute Gasteiger partial charge is 0.489 e. The second-order valence-corrected chi connectivity index (χ2v) is 10.8. The minimum Gasteiger partial charge on any atom is -0.489 e. The van der Waals surface area contributed by atoms with Crippen LogP contribution in [0.1, 0.15) is 16.7 Å². The van der Waals surface area contributed by atoms with Gasteiger partial charge in [0.25, 0.3) is 0 Å². The molecule has 0 saturated carbocycles. The Bertz CT molecular complexity index is 1260. The summed E-state index contributed by atoms with van der Waals surface area (Å²) >= 11 is 5.96. The fourth-order valence-corrected chi connectivity index (χ4v) is 5.60. The van der Waals surface area contributed by atoms with Crippen LogP contribution in [0.5, 0.6) is 5.75 Å². The van der Waals surface area contributed by atoms with Crippen molar-refractivity contribution in [1.29, 1.82) is 0 Å². The standard InChI is InChI=1S/C26H27ClN2O5S/c27-23-9-6-20(7-10-23)19-34-25-11-8-21(17-26(30)31)16-22(25)18-28-12-14-29(15-13-28)35(32,33)24-4-2-1-3-5-24/h1-11,16H,12-15,17-19H2,(H,30,31). The highest BCUT2D eigenvalue weighted by atomic mass is 35.5. The van der Waals surface area contributed by atoms with Crippen LogP contribution in [0.4, 0.5) is 0 Å². The number of hydrogen-bond acceptors (Lipinski definition) is 5. The van der Waals surface area contributed by atoms with E-state index in [1.165, 1.54) is 4.31 Å². The molecule has 35 heavy (non-hydrogen) atoms. The lowest BCUT2D eigenvalue weighted by molar-refractivity contribution is -0.136. The van der Waals surface area contributed by atoms with Gasteiger partial charge in [-0.15, -0.1) is 0 Å². The summed E-state index contributed by atoms with van der Waals surface area (Å²) in [5, 5.41) is 9.86. The van der Waals surface area contributed by atoms with Crippen molar-refractivity contribution in [3.63, 3.8) is 0 Å². The smallest absolute Gasteiger partial charge is 0.307 e. The van der Waals surface area contributed by atoms with Gasteiger partial charge in [0.2, 0.25) is 10.0 Å². The molecule has 4 rings (SSSR count). The fraction of sp³-hybridized carbons (Fsp3) is 0.269. The van der Waals surface area contributed by atoms with Gasteiger partial charge >= 0.3 is 5.97 Å². The number of benzene rings is 3. The number of carbonyl (C=O) groups is 1. The topological polar surface area (TPSA) is 87.2 Å². The van der Waals surface area contributed by atoms with Gasteiger partial charge in [-0.3, -0.25) is 9.69 Å². The predicted molar refractivity (Wildman–Crippen MR) is 134 cm³/mol. The van der Waals surface area contributed by atoms with E-state index in [1.807, 2.05) is 18.2 Å². The van der Waals surface area contributed by atoms with Gasteiger partial charge in [-0.25, -0.2) is 8.42 Å². The molecule has 0 unspecified atom stereocenters. The number of aliphatic carboxylic acids is 1. The lowest BCUT2D eigenvalue weighted by atomic mass is 10.1. The second kappa shape index (κ2) is 11.2. The molecule has 7 nitrogen and oxygen atoms in total. The Balaban J connectivity index is 1.45. The SMILES string of the molecule is O=C(O)Cc1ccc(OCc2ccc(Cl)cc2)c(CN2CCN(S(=O)(=O)c3ccccc3)CC2)c1. The summed E-state index contributed by atoms with van der Waals surface area (Å²) < 4.78 is 33.4. The van der Waals surface area contributed by atoms with Crippen molar-refractivity contribution < 1.29 is 23.1 Å². The molecule has 1 heterocycles. The van der Waals surface area contributed by atoms with Crippen LogP contribution in [0.2, 0.25) is 5.02 Å². The van der Waals surface area contributed by atoms with Gasteiger partial charge < -0.3 is 9.84 Å². The molecule has 9 heteroatoms. The number of piperazine rings is 1. The zero-order valence-corrected chi connectivity index (χ0v) is 20.7. The highest BCUT2D eigenvalue weighted by Crippen LogP contribution is 2.25. The predicted octanol–water partition coefficient (Wildman–Crippen LogP) is 4.05. The average molecular weight is 515 g/mol. The third-order valence-corrected chi connectivity index (χ3v) is 8.06. The first-order chi connectivity index (χ1) is 16.8. The highest BCUT2D eigenvalue weighted by Gasteiger charge is 2.28. The monoisotopic (exact) mass is 514 g/mol. The first kappa shape index (κ1) is 25.2. The summed E-state index contributed by atoms with van der Waals surface area (Å²) in [5.41, 5.74) is 2.53. The molecule has 3 aromatic rings. The molecule has 3 aromatic carbocycles. The van der Waals surface area contributed by atoms with Crippen LogP contribution < -0.4 is 4.74 Å². The maximum Gasteiger partial charge on any atom is 0.307 e. The molecule has 1 N–H and O–H groups in total. The van der Waals surface area contributed by atoms with Gasteiger partial charge in [-0.1, -0.05) is 54.1 Å². The number of nitrogens with zero attached hydrogens (tertiary/aromatic N) is 2. The van der Waals surface area contributed by atoms with Crippen molar-refractivity contribution in [3.8, 4) is 5.75 Å². The molecule has 0 bridgehead atoms. The number of sulfonamides is 1. The zero-order valence-electron chi connectivity index (χ0n) is 19.1. The molecular formula is C26H27ClN2O5S. The number of halogens is 1. The summed E-state index contributed by atoms with van der Waals surface area (Å²) in [7, 11) is -3.52. The zero-order chi connectivity index (χ0) is 24.8. The molecular weight excluding hydrogens is 488 g/mol. The van der Waals surface area contributed by atoms with E-state index in [0.717, 1.165) is 11.1 Å². The van der Waals surface area contributed by atoms with Gasteiger partial charge in [0.15, 0.2) is 0 Å². The van der Waals surface area contributed by atoms with Crippen LogP contribution in [0, 0.1) is 0 Å². The lowest BCUT2D eigenvalue weighted by Crippen LogP contribution is -2.48. The van der Waals surface area contributed by atoms with Crippen molar-refractivity contribution in [2.75, 3.05) is 26.2 Å². The Labute approximate surface area is 210 Å². The number of rotatable bonds is 9. The van der Waals surface area contributed by atoms with E-state index in [0.29, 0.717) is 60.6 Å². The van der Waals surface area contributed by atoms with E-state index in [2.05, 4.69) is 4.90 Å². The molecule has 1 aliphatic heterocycles. The van der Waals surface area contributed by atoms with Crippen molar-refractivity contribution in [2.45, 2.75) is 24.5 Å².